The predicted octanol–water partition coefficient (Wildman–Crippen LogP) is -0.574. The molecule has 0 spiro atoms. The molecule has 2 heterocycles. The molecule has 0 unspecified atom stereocenters. The first-order valence-electron chi connectivity index (χ1n) is 5.46. The maximum atomic E-state index is 11.8. The summed E-state index contributed by atoms with van der Waals surface area (Å²) in [5, 5.41) is 0. The molecule has 0 saturated heterocycles. The third-order valence-corrected chi connectivity index (χ3v) is 2.59. The Labute approximate surface area is 96.9 Å². The van der Waals surface area contributed by atoms with Crippen molar-refractivity contribution in [2.24, 2.45) is 5.73 Å². The van der Waals surface area contributed by atoms with Crippen LogP contribution in [-0.2, 0) is 6.54 Å². The Morgan fingerprint density at radius 2 is 2.18 bits per heavy atom. The van der Waals surface area contributed by atoms with Gasteiger partial charge in [-0.25, -0.2) is 9.78 Å². The highest BCUT2D eigenvalue weighted by Crippen LogP contribution is 2.10. The van der Waals surface area contributed by atoms with Crippen molar-refractivity contribution in [2.75, 3.05) is 6.54 Å². The first kappa shape index (κ1) is 11.6. The number of nitrogens with two attached hydrogens (primary N) is 1. The van der Waals surface area contributed by atoms with Crippen molar-refractivity contribution in [1.82, 2.24) is 19.1 Å². The molecule has 0 radical (unpaired) electrons. The molecule has 2 aromatic heterocycles. The van der Waals surface area contributed by atoms with E-state index in [2.05, 4.69) is 9.97 Å². The molecule has 0 bridgehead atoms. The Balaban J connectivity index is 2.86. The van der Waals surface area contributed by atoms with Crippen LogP contribution >= 0.6 is 0 Å². The number of nitrogens with zero attached hydrogens (tertiary/aromatic N) is 3. The molecule has 17 heavy (non-hydrogen) atoms. The molecule has 0 amide bonds. The van der Waals surface area contributed by atoms with Gasteiger partial charge < -0.3 is 10.3 Å². The van der Waals surface area contributed by atoms with Gasteiger partial charge in [0.15, 0.2) is 11.2 Å². The summed E-state index contributed by atoms with van der Waals surface area (Å²) >= 11 is 0. The first-order chi connectivity index (χ1) is 8.06. The summed E-state index contributed by atoms with van der Waals surface area (Å²) in [5.74, 6) is 0. The van der Waals surface area contributed by atoms with Crippen molar-refractivity contribution in [2.45, 2.75) is 26.4 Å². The Kier molecular flexibility index (Phi) is 2.84. The number of fused-ring (bicyclic) bond motifs is 1. The van der Waals surface area contributed by atoms with Crippen molar-refractivity contribution in [1.29, 1.82) is 0 Å². The lowest BCUT2D eigenvalue weighted by molar-refractivity contribution is 0.579. The number of nitrogens with one attached hydrogen (secondary N) is 1. The van der Waals surface area contributed by atoms with E-state index in [9.17, 15) is 9.59 Å². The zero-order valence-electron chi connectivity index (χ0n) is 9.80. The molecular weight excluding hydrogens is 222 g/mol. The normalized spacial score (nSPS) is 11.5. The van der Waals surface area contributed by atoms with Crippen LogP contribution < -0.4 is 17.0 Å². The van der Waals surface area contributed by atoms with Gasteiger partial charge in [0.1, 0.15) is 0 Å². The Bertz CT molecular complexity index is 649. The van der Waals surface area contributed by atoms with Crippen LogP contribution in [0.5, 0.6) is 0 Å². The molecule has 0 atom stereocenters. The molecule has 2 aromatic rings. The molecule has 0 fully saturated rings. The van der Waals surface area contributed by atoms with Crippen molar-refractivity contribution in [3.05, 3.63) is 27.2 Å². The third-order valence-electron chi connectivity index (χ3n) is 2.59. The number of rotatable bonds is 3. The minimum absolute atomic E-state index is 0.0666. The number of aromatic amines is 1. The largest absolute Gasteiger partial charge is 0.330 e. The van der Waals surface area contributed by atoms with Gasteiger partial charge in [0.05, 0.1) is 6.33 Å². The first-order valence-corrected chi connectivity index (χ1v) is 5.46. The van der Waals surface area contributed by atoms with Crippen LogP contribution in [0.1, 0.15) is 19.9 Å². The fraction of sp³-hybridized carbons (Fsp3) is 0.500. The van der Waals surface area contributed by atoms with E-state index in [1.807, 2.05) is 13.8 Å². The second kappa shape index (κ2) is 4.17. The lowest BCUT2D eigenvalue weighted by atomic mass is 10.3. The van der Waals surface area contributed by atoms with E-state index in [1.54, 1.807) is 4.57 Å². The monoisotopic (exact) mass is 237 g/mol. The summed E-state index contributed by atoms with van der Waals surface area (Å²) in [5.41, 5.74) is 5.40. The van der Waals surface area contributed by atoms with Gasteiger partial charge in [0.25, 0.3) is 5.56 Å². The van der Waals surface area contributed by atoms with Gasteiger partial charge in [0.2, 0.25) is 0 Å². The second-order valence-corrected chi connectivity index (χ2v) is 4.12. The standard InChI is InChI=1S/C10H15N5O2/c1-6(2)15-8-7(9(16)13-10(15)17)14(4-3-11)5-12-8/h5-6H,3-4,11H2,1-2H3,(H,13,16,17). The van der Waals surface area contributed by atoms with Crippen molar-refractivity contribution >= 4 is 11.2 Å². The molecule has 0 aliphatic rings. The van der Waals surface area contributed by atoms with E-state index in [4.69, 9.17) is 5.73 Å². The number of hydrogen-bond acceptors (Lipinski definition) is 4. The number of imidazole rings is 1. The number of hydrogen-bond donors (Lipinski definition) is 2. The summed E-state index contributed by atoms with van der Waals surface area (Å²) in [6.45, 7) is 4.63. The van der Waals surface area contributed by atoms with Crippen LogP contribution in [0, 0.1) is 0 Å². The third kappa shape index (κ3) is 1.78. The average molecular weight is 237 g/mol. The van der Waals surface area contributed by atoms with E-state index in [0.29, 0.717) is 24.3 Å². The van der Waals surface area contributed by atoms with Crippen LogP contribution in [0.15, 0.2) is 15.9 Å². The molecule has 0 aliphatic carbocycles. The zero-order chi connectivity index (χ0) is 12.6. The van der Waals surface area contributed by atoms with Crippen molar-refractivity contribution < 1.29 is 0 Å². The summed E-state index contributed by atoms with van der Waals surface area (Å²) in [4.78, 5) is 29.9. The highest BCUT2D eigenvalue weighted by molar-refractivity contribution is 5.70. The average Bonchev–Trinajstić information content (AvgIpc) is 2.62. The van der Waals surface area contributed by atoms with Crippen molar-refractivity contribution in [3.63, 3.8) is 0 Å². The quantitative estimate of drug-likeness (QED) is 0.746. The maximum Gasteiger partial charge on any atom is 0.330 e. The summed E-state index contributed by atoms with van der Waals surface area (Å²) in [7, 11) is 0. The molecule has 0 aliphatic heterocycles. The van der Waals surface area contributed by atoms with Crippen LogP contribution in [0.2, 0.25) is 0 Å². The van der Waals surface area contributed by atoms with E-state index in [0.717, 1.165) is 0 Å². The highest BCUT2D eigenvalue weighted by Gasteiger charge is 2.14. The minimum atomic E-state index is -0.435. The van der Waals surface area contributed by atoms with Gasteiger partial charge >= 0.3 is 5.69 Å². The maximum absolute atomic E-state index is 11.8. The smallest absolute Gasteiger partial charge is 0.329 e. The molecule has 7 heteroatoms. The molecular formula is C10H15N5O2. The number of H-pyrrole nitrogens is 1. The Morgan fingerprint density at radius 3 is 2.76 bits per heavy atom. The SMILES string of the molecule is CC(C)n1c(=O)[nH]c(=O)c2c1ncn2CCN. The predicted molar refractivity (Wildman–Crippen MR) is 64.1 cm³/mol. The topological polar surface area (TPSA) is 98.7 Å². The van der Waals surface area contributed by atoms with Gasteiger partial charge in [-0.2, -0.15) is 0 Å². The fourth-order valence-corrected chi connectivity index (χ4v) is 1.88. The number of aromatic nitrogens is 4. The van der Waals surface area contributed by atoms with Gasteiger partial charge in [-0.1, -0.05) is 0 Å². The van der Waals surface area contributed by atoms with Crippen LogP contribution in [0.25, 0.3) is 11.2 Å². The Morgan fingerprint density at radius 1 is 1.47 bits per heavy atom. The molecule has 7 nitrogen and oxygen atoms in total. The van der Waals surface area contributed by atoms with Gasteiger partial charge in [-0.3, -0.25) is 14.3 Å². The zero-order valence-corrected chi connectivity index (χ0v) is 9.80. The summed E-state index contributed by atoms with van der Waals surface area (Å²) in [6, 6.07) is -0.0666. The van der Waals surface area contributed by atoms with Crippen LogP contribution in [0.3, 0.4) is 0 Å². The fourth-order valence-electron chi connectivity index (χ4n) is 1.88. The molecule has 0 saturated carbocycles. The summed E-state index contributed by atoms with van der Waals surface area (Å²) < 4.78 is 3.12. The minimum Gasteiger partial charge on any atom is -0.329 e. The van der Waals surface area contributed by atoms with Crippen LogP contribution in [0.4, 0.5) is 0 Å². The van der Waals surface area contributed by atoms with E-state index in [-0.39, 0.29) is 6.04 Å². The summed E-state index contributed by atoms with van der Waals surface area (Å²) in [6.07, 6.45) is 1.53. The molecule has 2 rings (SSSR count). The van der Waals surface area contributed by atoms with Gasteiger partial charge in [0, 0.05) is 19.1 Å². The van der Waals surface area contributed by atoms with E-state index >= 15 is 0 Å². The molecule has 0 aromatic carbocycles. The van der Waals surface area contributed by atoms with Crippen molar-refractivity contribution in [3.8, 4) is 0 Å². The lowest BCUT2D eigenvalue weighted by Crippen LogP contribution is -2.32. The van der Waals surface area contributed by atoms with Gasteiger partial charge in [-0.15, -0.1) is 0 Å². The molecule has 92 valence electrons. The Hall–Kier alpha value is -1.89. The second-order valence-electron chi connectivity index (χ2n) is 4.12. The molecule has 3 N–H and O–H groups in total. The van der Waals surface area contributed by atoms with Crippen LogP contribution in [-0.4, -0.2) is 25.6 Å². The van der Waals surface area contributed by atoms with E-state index in [1.165, 1.54) is 10.9 Å². The van der Waals surface area contributed by atoms with Gasteiger partial charge in [-0.05, 0) is 13.8 Å². The lowest BCUT2D eigenvalue weighted by Gasteiger charge is -2.09. The highest BCUT2D eigenvalue weighted by atomic mass is 16.2. The van der Waals surface area contributed by atoms with E-state index < -0.39 is 11.2 Å².